The van der Waals surface area contributed by atoms with Gasteiger partial charge in [0.2, 0.25) is 10.0 Å². The van der Waals surface area contributed by atoms with E-state index in [2.05, 4.69) is 5.32 Å². The number of carbonyl (C=O) groups is 2. The molecule has 0 unspecified atom stereocenters. The van der Waals surface area contributed by atoms with Crippen molar-refractivity contribution in [2.45, 2.75) is 30.6 Å². The van der Waals surface area contributed by atoms with Gasteiger partial charge in [-0.2, -0.15) is 4.31 Å². The number of anilines is 1. The number of carboxylic acid groups (broad SMARTS) is 1. The number of amides is 1. The van der Waals surface area contributed by atoms with Gasteiger partial charge in [-0.25, -0.2) is 13.2 Å². The first-order valence-corrected chi connectivity index (χ1v) is 10.6. The van der Waals surface area contributed by atoms with Crippen LogP contribution in [-0.4, -0.2) is 42.8 Å². The van der Waals surface area contributed by atoms with E-state index in [0.29, 0.717) is 18.8 Å². The molecule has 1 aliphatic rings. The number of hydrogen-bond acceptors (Lipinski definition) is 4. The second-order valence-electron chi connectivity index (χ2n) is 6.65. The van der Waals surface area contributed by atoms with Crippen LogP contribution in [0, 0.1) is 0 Å². The van der Waals surface area contributed by atoms with Gasteiger partial charge in [0.15, 0.2) is 0 Å². The van der Waals surface area contributed by atoms with Crippen LogP contribution in [0.5, 0.6) is 0 Å². The molecule has 0 atom stereocenters. The van der Waals surface area contributed by atoms with Gasteiger partial charge in [0, 0.05) is 18.8 Å². The molecule has 1 amide bonds. The van der Waals surface area contributed by atoms with Crippen molar-refractivity contribution in [1.82, 2.24) is 4.31 Å². The molecule has 8 heteroatoms. The van der Waals surface area contributed by atoms with Crippen molar-refractivity contribution in [3.8, 4) is 0 Å². The van der Waals surface area contributed by atoms with Crippen LogP contribution in [0.25, 0.3) is 0 Å². The molecule has 0 aliphatic carbocycles. The average molecular weight is 402 g/mol. The van der Waals surface area contributed by atoms with Crippen molar-refractivity contribution in [2.24, 2.45) is 0 Å². The van der Waals surface area contributed by atoms with Crippen LogP contribution in [-0.2, 0) is 10.0 Å². The predicted molar refractivity (Wildman–Crippen MR) is 105 cm³/mol. The molecule has 1 aliphatic heterocycles. The Morgan fingerprint density at radius 3 is 2.00 bits per heavy atom. The molecule has 0 aromatic heterocycles. The lowest BCUT2D eigenvalue weighted by atomic mass is 10.1. The van der Waals surface area contributed by atoms with Gasteiger partial charge >= 0.3 is 5.97 Å². The van der Waals surface area contributed by atoms with Crippen LogP contribution in [0.1, 0.15) is 46.4 Å². The van der Waals surface area contributed by atoms with Gasteiger partial charge in [0.25, 0.3) is 5.91 Å². The summed E-state index contributed by atoms with van der Waals surface area (Å²) in [4.78, 5) is 23.8. The van der Waals surface area contributed by atoms with Crippen molar-refractivity contribution in [3.05, 3.63) is 59.7 Å². The fourth-order valence-corrected chi connectivity index (χ4v) is 4.72. The van der Waals surface area contributed by atoms with Gasteiger partial charge in [0.1, 0.15) is 0 Å². The molecule has 1 fully saturated rings. The third-order valence-electron chi connectivity index (χ3n) is 4.72. The quantitative estimate of drug-likeness (QED) is 0.799. The number of aromatic carboxylic acids is 1. The van der Waals surface area contributed by atoms with E-state index in [0.717, 1.165) is 25.7 Å². The first-order valence-electron chi connectivity index (χ1n) is 9.13. The van der Waals surface area contributed by atoms with Crippen molar-refractivity contribution < 1.29 is 23.1 Å². The molecule has 2 aromatic rings. The lowest BCUT2D eigenvalue weighted by Crippen LogP contribution is -2.31. The zero-order valence-corrected chi connectivity index (χ0v) is 16.1. The second-order valence-corrected chi connectivity index (χ2v) is 8.59. The minimum atomic E-state index is -3.56. The third-order valence-corrected chi connectivity index (χ3v) is 6.63. The summed E-state index contributed by atoms with van der Waals surface area (Å²) in [7, 11) is -3.56. The second kappa shape index (κ2) is 8.53. The zero-order chi connectivity index (χ0) is 20.1. The first kappa shape index (κ1) is 20.0. The fraction of sp³-hybridized carbons (Fsp3) is 0.300. The Kier molecular flexibility index (Phi) is 6.11. The first-order chi connectivity index (χ1) is 13.4. The standard InChI is InChI=1S/C20H22N2O5S/c23-19(17-7-3-4-8-18(17)20(24)25)21-15-9-11-16(12-10-15)28(26,27)22-13-5-1-2-6-14-22/h3-4,7-12H,1-2,5-6,13-14H2,(H,21,23)(H,24,25). The van der Waals surface area contributed by atoms with E-state index in [9.17, 15) is 23.1 Å². The number of benzene rings is 2. The minimum Gasteiger partial charge on any atom is -0.478 e. The molecule has 3 rings (SSSR count). The van der Waals surface area contributed by atoms with E-state index in [1.807, 2.05) is 0 Å². The normalized spacial score (nSPS) is 15.6. The van der Waals surface area contributed by atoms with Crippen molar-refractivity contribution >= 4 is 27.6 Å². The molecule has 2 aromatic carbocycles. The van der Waals surface area contributed by atoms with Crippen LogP contribution in [0.15, 0.2) is 53.4 Å². The van der Waals surface area contributed by atoms with Crippen LogP contribution in [0.4, 0.5) is 5.69 Å². The molecular weight excluding hydrogens is 380 g/mol. The number of carboxylic acids is 1. The van der Waals surface area contributed by atoms with E-state index >= 15 is 0 Å². The molecule has 1 saturated heterocycles. The topological polar surface area (TPSA) is 104 Å². The highest BCUT2D eigenvalue weighted by Crippen LogP contribution is 2.22. The molecule has 0 spiro atoms. The summed E-state index contributed by atoms with van der Waals surface area (Å²) in [6.45, 7) is 1.04. The maximum Gasteiger partial charge on any atom is 0.336 e. The fourth-order valence-electron chi connectivity index (χ4n) is 3.21. The van der Waals surface area contributed by atoms with E-state index in [1.165, 1.54) is 40.7 Å². The van der Waals surface area contributed by atoms with Crippen LogP contribution >= 0.6 is 0 Å². The Morgan fingerprint density at radius 1 is 0.857 bits per heavy atom. The van der Waals surface area contributed by atoms with Gasteiger partial charge in [-0.05, 0) is 49.2 Å². The summed E-state index contributed by atoms with van der Waals surface area (Å²) in [5, 5.41) is 11.8. The summed E-state index contributed by atoms with van der Waals surface area (Å²) < 4.78 is 27.1. The zero-order valence-electron chi connectivity index (χ0n) is 15.3. The van der Waals surface area contributed by atoms with Crippen molar-refractivity contribution in [2.75, 3.05) is 18.4 Å². The highest BCUT2D eigenvalue weighted by Gasteiger charge is 2.25. The molecular formula is C20H22N2O5S. The Morgan fingerprint density at radius 2 is 1.43 bits per heavy atom. The van der Waals surface area contributed by atoms with E-state index < -0.39 is 21.9 Å². The number of hydrogen-bond donors (Lipinski definition) is 2. The largest absolute Gasteiger partial charge is 0.478 e. The predicted octanol–water partition coefficient (Wildman–Crippen LogP) is 3.20. The maximum absolute atomic E-state index is 12.8. The lowest BCUT2D eigenvalue weighted by Gasteiger charge is -2.20. The molecule has 0 saturated carbocycles. The SMILES string of the molecule is O=C(O)c1ccccc1C(=O)Nc1ccc(S(=O)(=O)N2CCCCCC2)cc1. The smallest absolute Gasteiger partial charge is 0.336 e. The molecule has 0 bridgehead atoms. The van der Waals surface area contributed by atoms with E-state index in [4.69, 9.17) is 0 Å². The summed E-state index contributed by atoms with van der Waals surface area (Å²) >= 11 is 0. The summed E-state index contributed by atoms with van der Waals surface area (Å²) in [6, 6.07) is 11.8. The minimum absolute atomic E-state index is 0.0382. The van der Waals surface area contributed by atoms with E-state index in [-0.39, 0.29) is 16.0 Å². The number of rotatable bonds is 5. The Labute approximate surface area is 164 Å². The van der Waals surface area contributed by atoms with Gasteiger partial charge in [-0.3, -0.25) is 4.79 Å². The maximum atomic E-state index is 12.8. The van der Waals surface area contributed by atoms with Crippen molar-refractivity contribution in [1.29, 1.82) is 0 Å². The number of nitrogens with one attached hydrogen (secondary N) is 1. The summed E-state index contributed by atoms with van der Waals surface area (Å²) in [5.74, 6) is -1.76. The summed E-state index contributed by atoms with van der Waals surface area (Å²) in [5.41, 5.74) is 0.330. The molecule has 2 N–H and O–H groups in total. The number of carbonyl (C=O) groups excluding carboxylic acids is 1. The Bertz CT molecular complexity index is 962. The highest BCUT2D eigenvalue weighted by molar-refractivity contribution is 7.89. The Hall–Kier alpha value is -2.71. The third kappa shape index (κ3) is 4.40. The summed E-state index contributed by atoms with van der Waals surface area (Å²) in [6.07, 6.45) is 3.79. The van der Waals surface area contributed by atoms with Crippen LogP contribution in [0.2, 0.25) is 0 Å². The van der Waals surface area contributed by atoms with Gasteiger partial charge < -0.3 is 10.4 Å². The van der Waals surface area contributed by atoms with Crippen LogP contribution in [0.3, 0.4) is 0 Å². The highest BCUT2D eigenvalue weighted by atomic mass is 32.2. The van der Waals surface area contributed by atoms with Crippen LogP contribution < -0.4 is 5.32 Å². The average Bonchev–Trinajstić information content (AvgIpc) is 2.98. The molecule has 148 valence electrons. The van der Waals surface area contributed by atoms with Crippen molar-refractivity contribution in [3.63, 3.8) is 0 Å². The molecule has 28 heavy (non-hydrogen) atoms. The molecule has 1 heterocycles. The Balaban J connectivity index is 1.76. The monoisotopic (exact) mass is 402 g/mol. The van der Waals surface area contributed by atoms with E-state index in [1.54, 1.807) is 12.1 Å². The lowest BCUT2D eigenvalue weighted by molar-refractivity contribution is 0.0692. The van der Waals surface area contributed by atoms with Gasteiger partial charge in [-0.1, -0.05) is 25.0 Å². The number of sulfonamides is 1. The molecule has 7 nitrogen and oxygen atoms in total. The molecule has 0 radical (unpaired) electrons. The van der Waals surface area contributed by atoms with Gasteiger partial charge in [-0.15, -0.1) is 0 Å². The van der Waals surface area contributed by atoms with Gasteiger partial charge in [0.05, 0.1) is 16.0 Å². The number of nitrogens with zero attached hydrogens (tertiary/aromatic N) is 1.